The fraction of sp³-hybridized carbons (Fsp3) is 0.640. The number of nitrogens with one attached hydrogen (secondary N) is 1. The number of hydrogen-bond acceptors (Lipinski definition) is 0. The SMILES string of the molecule is CCCCCCCCCCC(C(Cc1ccccc1)C(C)C)[n+]1cc[nH]c1. The second-order valence-electron chi connectivity index (χ2n) is 8.49. The molecule has 150 valence electrons. The summed E-state index contributed by atoms with van der Waals surface area (Å²) in [6.45, 7) is 7.07. The molecular weight excluding hydrogens is 328 g/mol. The van der Waals surface area contributed by atoms with Crippen LogP contribution in [0.15, 0.2) is 49.1 Å². The minimum Gasteiger partial charge on any atom is -0.250 e. The third-order valence-electron chi connectivity index (χ3n) is 5.97. The van der Waals surface area contributed by atoms with E-state index in [1.807, 2.05) is 0 Å². The highest BCUT2D eigenvalue weighted by atomic mass is 15.1. The Morgan fingerprint density at radius 1 is 0.889 bits per heavy atom. The van der Waals surface area contributed by atoms with Crippen molar-refractivity contribution in [2.24, 2.45) is 11.8 Å². The normalized spacial score (nSPS) is 13.8. The minimum absolute atomic E-state index is 0.580. The van der Waals surface area contributed by atoms with Gasteiger partial charge in [0, 0.05) is 5.92 Å². The van der Waals surface area contributed by atoms with Crippen LogP contribution < -0.4 is 4.57 Å². The predicted octanol–water partition coefficient (Wildman–Crippen LogP) is 6.89. The summed E-state index contributed by atoms with van der Waals surface area (Å²) in [6, 6.07) is 11.6. The lowest BCUT2D eigenvalue weighted by Gasteiger charge is -2.28. The number of rotatable bonds is 14. The van der Waals surface area contributed by atoms with Crippen molar-refractivity contribution >= 4 is 0 Å². The highest BCUT2D eigenvalue weighted by Crippen LogP contribution is 2.30. The zero-order valence-corrected chi connectivity index (χ0v) is 17.9. The van der Waals surface area contributed by atoms with Crippen LogP contribution in [0.2, 0.25) is 0 Å². The second kappa shape index (κ2) is 12.8. The Morgan fingerprint density at radius 2 is 1.56 bits per heavy atom. The van der Waals surface area contributed by atoms with Gasteiger partial charge in [-0.1, -0.05) is 96.0 Å². The molecular formula is C25H41N2+. The maximum atomic E-state index is 3.26. The highest BCUT2D eigenvalue weighted by molar-refractivity contribution is 5.15. The molecule has 0 radical (unpaired) electrons. The van der Waals surface area contributed by atoms with E-state index in [1.54, 1.807) is 0 Å². The standard InChI is InChI=1S/C25H40N2/c1-4-5-6-7-8-9-10-14-17-25(27-19-18-26-21-27)24(22(2)3)20-23-15-12-11-13-16-23/h11-13,15-16,18-19,21-22,24-25H,4-10,14,17,20H2,1-3H3/p+1. The van der Waals surface area contributed by atoms with Gasteiger partial charge in [-0.3, -0.25) is 4.98 Å². The molecule has 1 aromatic heterocycles. The molecule has 0 aliphatic carbocycles. The lowest BCUT2D eigenvalue weighted by atomic mass is 9.81. The van der Waals surface area contributed by atoms with Crippen molar-refractivity contribution in [1.82, 2.24) is 4.98 Å². The van der Waals surface area contributed by atoms with Gasteiger partial charge in [0.2, 0.25) is 6.33 Å². The van der Waals surface area contributed by atoms with Crippen molar-refractivity contribution < 1.29 is 4.57 Å². The molecule has 2 heteroatoms. The Labute approximate surface area is 167 Å². The minimum atomic E-state index is 0.580. The first-order valence-electron chi connectivity index (χ1n) is 11.3. The molecule has 2 aromatic rings. The predicted molar refractivity (Wildman–Crippen MR) is 116 cm³/mol. The van der Waals surface area contributed by atoms with Gasteiger partial charge in [-0.15, -0.1) is 0 Å². The van der Waals surface area contributed by atoms with Crippen LogP contribution in [0.5, 0.6) is 0 Å². The second-order valence-corrected chi connectivity index (χ2v) is 8.49. The Morgan fingerprint density at radius 3 is 2.15 bits per heavy atom. The summed E-state index contributed by atoms with van der Waals surface area (Å²) < 4.78 is 2.43. The fourth-order valence-electron chi connectivity index (χ4n) is 4.28. The number of aromatic amines is 1. The van der Waals surface area contributed by atoms with E-state index in [1.165, 1.54) is 69.8 Å². The molecule has 27 heavy (non-hydrogen) atoms. The van der Waals surface area contributed by atoms with Crippen LogP contribution in [0.4, 0.5) is 0 Å². The van der Waals surface area contributed by atoms with Gasteiger partial charge in [0.05, 0.1) is 0 Å². The van der Waals surface area contributed by atoms with Crippen LogP contribution in [-0.2, 0) is 6.42 Å². The van der Waals surface area contributed by atoms with Gasteiger partial charge in [0.25, 0.3) is 0 Å². The van der Waals surface area contributed by atoms with E-state index in [-0.39, 0.29) is 0 Å². The van der Waals surface area contributed by atoms with Crippen LogP contribution >= 0.6 is 0 Å². The molecule has 1 aromatic carbocycles. The third kappa shape index (κ3) is 7.91. The molecule has 0 aliphatic heterocycles. The van der Waals surface area contributed by atoms with Crippen molar-refractivity contribution in [2.45, 2.75) is 91.0 Å². The molecule has 0 saturated heterocycles. The van der Waals surface area contributed by atoms with Crippen LogP contribution in [0.3, 0.4) is 0 Å². The Bertz CT molecular complexity index is 574. The van der Waals surface area contributed by atoms with Gasteiger partial charge in [0.1, 0.15) is 18.4 Å². The van der Waals surface area contributed by atoms with Crippen LogP contribution in [0, 0.1) is 11.8 Å². The van der Waals surface area contributed by atoms with Gasteiger partial charge < -0.3 is 0 Å². The molecule has 2 nitrogen and oxygen atoms in total. The van der Waals surface area contributed by atoms with E-state index >= 15 is 0 Å². The molecule has 1 heterocycles. The van der Waals surface area contributed by atoms with Crippen LogP contribution in [0.25, 0.3) is 0 Å². The van der Waals surface area contributed by atoms with Crippen LogP contribution in [-0.4, -0.2) is 4.98 Å². The van der Waals surface area contributed by atoms with Crippen molar-refractivity contribution in [3.05, 3.63) is 54.6 Å². The molecule has 0 spiro atoms. The topological polar surface area (TPSA) is 19.7 Å². The highest BCUT2D eigenvalue weighted by Gasteiger charge is 2.29. The van der Waals surface area contributed by atoms with E-state index < -0.39 is 0 Å². The zero-order valence-electron chi connectivity index (χ0n) is 17.9. The number of benzene rings is 1. The lowest BCUT2D eigenvalue weighted by molar-refractivity contribution is -0.731. The molecule has 2 atom stereocenters. The first kappa shape index (κ1) is 21.7. The molecule has 1 N–H and O–H groups in total. The maximum absolute atomic E-state index is 3.26. The summed E-state index contributed by atoms with van der Waals surface area (Å²) in [5.41, 5.74) is 1.47. The Hall–Kier alpha value is -1.57. The number of aromatic nitrogens is 2. The number of imidazole rings is 1. The lowest BCUT2D eigenvalue weighted by Crippen LogP contribution is -2.44. The summed E-state index contributed by atoms with van der Waals surface area (Å²) >= 11 is 0. The van der Waals surface area contributed by atoms with Gasteiger partial charge >= 0.3 is 0 Å². The van der Waals surface area contributed by atoms with E-state index in [0.29, 0.717) is 17.9 Å². The van der Waals surface area contributed by atoms with Gasteiger partial charge in [-0.25, -0.2) is 4.57 Å². The van der Waals surface area contributed by atoms with E-state index in [9.17, 15) is 0 Å². The first-order valence-corrected chi connectivity index (χ1v) is 11.3. The monoisotopic (exact) mass is 369 g/mol. The number of H-pyrrole nitrogens is 1. The third-order valence-corrected chi connectivity index (χ3v) is 5.97. The van der Waals surface area contributed by atoms with Gasteiger partial charge in [-0.2, -0.15) is 0 Å². The summed E-state index contributed by atoms with van der Waals surface area (Å²) in [5.74, 6) is 1.34. The summed E-state index contributed by atoms with van der Waals surface area (Å²) in [6.07, 6.45) is 20.0. The van der Waals surface area contributed by atoms with Gasteiger partial charge in [-0.05, 0) is 30.7 Å². The number of nitrogens with zero attached hydrogens (tertiary/aromatic N) is 1. The molecule has 0 aliphatic rings. The van der Waals surface area contributed by atoms with E-state index in [2.05, 4.69) is 79.4 Å². The molecule has 0 saturated carbocycles. The summed E-state index contributed by atoms with van der Waals surface area (Å²) in [4.78, 5) is 3.26. The maximum Gasteiger partial charge on any atom is 0.241 e. The molecule has 0 amide bonds. The summed E-state index contributed by atoms with van der Waals surface area (Å²) in [5, 5.41) is 0. The number of unbranched alkanes of at least 4 members (excludes halogenated alkanes) is 7. The van der Waals surface area contributed by atoms with Crippen molar-refractivity contribution in [1.29, 1.82) is 0 Å². The zero-order chi connectivity index (χ0) is 19.3. The molecule has 2 unspecified atom stereocenters. The van der Waals surface area contributed by atoms with E-state index in [4.69, 9.17) is 0 Å². The quantitative estimate of drug-likeness (QED) is 0.276. The molecule has 2 rings (SSSR count). The summed E-state index contributed by atoms with van der Waals surface area (Å²) in [7, 11) is 0. The van der Waals surface area contributed by atoms with E-state index in [0.717, 1.165) is 0 Å². The smallest absolute Gasteiger partial charge is 0.241 e. The van der Waals surface area contributed by atoms with Crippen molar-refractivity contribution in [3.63, 3.8) is 0 Å². The van der Waals surface area contributed by atoms with Crippen LogP contribution in [0.1, 0.15) is 90.2 Å². The average Bonchev–Trinajstić information content (AvgIpc) is 3.20. The fourth-order valence-corrected chi connectivity index (χ4v) is 4.28. The largest absolute Gasteiger partial charge is 0.250 e. The van der Waals surface area contributed by atoms with Gasteiger partial charge in [0.15, 0.2) is 0 Å². The number of hydrogen-bond donors (Lipinski definition) is 1. The Balaban J connectivity index is 1.90. The molecule has 0 fully saturated rings. The molecule has 0 bridgehead atoms. The van der Waals surface area contributed by atoms with Crippen molar-refractivity contribution in [2.75, 3.05) is 0 Å². The average molecular weight is 370 g/mol. The first-order chi connectivity index (χ1) is 13.2. The van der Waals surface area contributed by atoms with Crippen molar-refractivity contribution in [3.8, 4) is 0 Å². The Kier molecular flexibility index (Phi) is 10.3.